The summed E-state index contributed by atoms with van der Waals surface area (Å²) in [5, 5.41) is 9.28. The van der Waals surface area contributed by atoms with Crippen LogP contribution in [0, 0.1) is 0 Å². The number of benzene rings is 7. The van der Waals surface area contributed by atoms with E-state index in [1.807, 2.05) is 42.5 Å². The molecule has 0 atom stereocenters. The lowest BCUT2D eigenvalue weighted by Crippen LogP contribution is -2.14. The van der Waals surface area contributed by atoms with Crippen molar-refractivity contribution in [2.45, 2.75) is 0 Å². The normalized spacial score (nSPS) is 12.3. The molecule has 0 aliphatic carbocycles. The maximum absolute atomic E-state index is 6.73. The molecule has 0 unspecified atom stereocenters. The molecular weight excluding hydrogens is 709 g/mol. The lowest BCUT2D eigenvalue weighted by molar-refractivity contribution is 0.669. The minimum atomic E-state index is 0.737. The van der Waals surface area contributed by atoms with E-state index in [0.29, 0.717) is 0 Å². The predicted molar refractivity (Wildman–Crippen MR) is 246 cm³/mol. The van der Waals surface area contributed by atoms with Crippen LogP contribution in [0.4, 0.5) is 11.4 Å². The highest BCUT2D eigenvalue weighted by molar-refractivity contribution is 6.24. The van der Waals surface area contributed by atoms with Crippen LogP contribution in [0.1, 0.15) is 0 Å². The van der Waals surface area contributed by atoms with Crippen molar-refractivity contribution in [2.75, 3.05) is 4.90 Å². The summed E-state index contributed by atoms with van der Waals surface area (Å²) in [5.41, 5.74) is 13.4. The maximum atomic E-state index is 6.73. The second kappa shape index (κ2) is 12.9. The third-order valence-electron chi connectivity index (χ3n) is 11.5. The van der Waals surface area contributed by atoms with Crippen LogP contribution in [-0.2, 0) is 0 Å². The number of hydrogen-bond donors (Lipinski definition) is 0. The summed E-state index contributed by atoms with van der Waals surface area (Å²) in [6.07, 6.45) is 9.36. The van der Waals surface area contributed by atoms with E-state index < -0.39 is 0 Å². The molecule has 0 saturated carbocycles. The van der Waals surface area contributed by atoms with E-state index in [0.717, 1.165) is 83.2 Å². The Kier molecular flexibility index (Phi) is 7.44. The van der Waals surface area contributed by atoms with Crippen LogP contribution in [0.25, 0.3) is 93.1 Å². The quantitative estimate of drug-likeness (QED) is 0.138. The largest absolute Gasteiger partial charge is 0.456 e. The number of hydrogen-bond acceptors (Lipinski definition) is 3. The average molecular weight is 745 g/mol. The lowest BCUT2D eigenvalue weighted by atomic mass is 9.98. The summed E-state index contributed by atoms with van der Waals surface area (Å²) in [7, 11) is 0. The van der Waals surface area contributed by atoms with Gasteiger partial charge in [0.1, 0.15) is 22.3 Å². The minimum Gasteiger partial charge on any atom is -0.456 e. The summed E-state index contributed by atoms with van der Waals surface area (Å²) >= 11 is 0. The molecule has 0 bridgehead atoms. The van der Waals surface area contributed by atoms with E-state index in [1.165, 1.54) is 38.1 Å². The fraction of sp³-hybridized carbons (Fsp3) is 0. The molecule has 4 nitrogen and oxygen atoms in total. The highest BCUT2D eigenvalue weighted by Gasteiger charge is 2.20. The van der Waals surface area contributed by atoms with Crippen molar-refractivity contribution in [1.82, 2.24) is 4.40 Å². The number of rotatable bonds is 9. The van der Waals surface area contributed by atoms with Gasteiger partial charge >= 0.3 is 0 Å². The van der Waals surface area contributed by atoms with Crippen molar-refractivity contribution in [2.24, 2.45) is 0 Å². The molecule has 0 amide bonds. The lowest BCUT2D eigenvalue weighted by Gasteiger charge is -2.25. The van der Waals surface area contributed by atoms with Gasteiger partial charge in [-0.2, -0.15) is 0 Å². The van der Waals surface area contributed by atoms with Crippen molar-refractivity contribution < 1.29 is 8.83 Å². The van der Waals surface area contributed by atoms with Crippen LogP contribution in [0.15, 0.2) is 222 Å². The van der Waals surface area contributed by atoms with Gasteiger partial charge in [0.15, 0.2) is 0 Å². The molecule has 7 aromatic carbocycles. The highest BCUT2D eigenvalue weighted by atomic mass is 16.3. The zero-order valence-corrected chi connectivity index (χ0v) is 31.7. The molecule has 0 spiro atoms. The molecule has 274 valence electrons. The SMILES string of the molecule is C=C/C=C\C(=C)C(=C)/C=C\C(=C)N(c1ccc2c(c1)oc1ccccc12)c1ccc2c(c1)oc1cc(-c3cc4c5ccccc5n5c6ccccc6c(c3)c45)ccc12. The summed E-state index contributed by atoms with van der Waals surface area (Å²) in [6.45, 7) is 16.7. The number of anilines is 2. The number of allylic oxidation sites excluding steroid dienone is 7. The molecule has 0 aliphatic heterocycles. The van der Waals surface area contributed by atoms with E-state index in [-0.39, 0.29) is 0 Å². The summed E-state index contributed by atoms with van der Waals surface area (Å²) in [6, 6.07) is 49.4. The molecule has 0 fully saturated rings. The number of fused-ring (bicyclic) bond motifs is 12. The van der Waals surface area contributed by atoms with Gasteiger partial charge in [-0.3, -0.25) is 0 Å². The van der Waals surface area contributed by atoms with Gasteiger partial charge < -0.3 is 18.1 Å². The first-order chi connectivity index (χ1) is 28.4. The second-order valence-corrected chi connectivity index (χ2v) is 14.9. The van der Waals surface area contributed by atoms with Gasteiger partial charge in [0.2, 0.25) is 0 Å². The van der Waals surface area contributed by atoms with Gasteiger partial charge in [-0.1, -0.05) is 111 Å². The van der Waals surface area contributed by atoms with Crippen molar-refractivity contribution in [1.29, 1.82) is 0 Å². The zero-order valence-electron chi connectivity index (χ0n) is 31.7. The van der Waals surface area contributed by atoms with Crippen molar-refractivity contribution in [3.8, 4) is 11.1 Å². The predicted octanol–water partition coefficient (Wildman–Crippen LogP) is 15.4. The maximum Gasteiger partial charge on any atom is 0.137 e. The fourth-order valence-corrected chi connectivity index (χ4v) is 8.70. The molecule has 58 heavy (non-hydrogen) atoms. The van der Waals surface area contributed by atoms with Crippen LogP contribution in [-0.4, -0.2) is 4.40 Å². The Morgan fingerprint density at radius 3 is 1.62 bits per heavy atom. The summed E-state index contributed by atoms with van der Waals surface area (Å²) in [5.74, 6) is 0. The summed E-state index contributed by atoms with van der Waals surface area (Å²) < 4.78 is 15.5. The Morgan fingerprint density at radius 2 is 0.983 bits per heavy atom. The molecule has 4 aromatic heterocycles. The second-order valence-electron chi connectivity index (χ2n) is 14.9. The van der Waals surface area contributed by atoms with Crippen LogP contribution in [0.2, 0.25) is 0 Å². The van der Waals surface area contributed by atoms with Gasteiger partial charge in [-0.25, -0.2) is 0 Å². The first-order valence-corrected chi connectivity index (χ1v) is 19.3. The molecule has 11 rings (SSSR count). The molecule has 0 radical (unpaired) electrons. The highest BCUT2D eigenvalue weighted by Crippen LogP contribution is 2.43. The van der Waals surface area contributed by atoms with Crippen molar-refractivity contribution >= 4 is 93.3 Å². The fourth-order valence-electron chi connectivity index (χ4n) is 8.70. The number of aromatic nitrogens is 1. The monoisotopic (exact) mass is 744 g/mol. The number of furan rings is 2. The third kappa shape index (κ3) is 5.09. The van der Waals surface area contributed by atoms with E-state index in [1.54, 1.807) is 6.08 Å². The Morgan fingerprint density at radius 1 is 0.466 bits per heavy atom. The Hall–Kier alpha value is -7.82. The first-order valence-electron chi connectivity index (χ1n) is 19.3. The first kappa shape index (κ1) is 33.5. The standard InChI is InChI=1S/C54H36N2O2/c1-5-6-13-33(2)34(3)20-21-35(4)55(38-23-26-44-42-16-9-12-19-50(42)57-52(44)31-38)39-24-27-45-43-25-22-36(30-51(43)58-53(45)32-39)37-28-46-40-14-7-10-17-48(40)56-49-18-11-8-15-41(49)47(29-37)54(46)56/h5-32H,1-4H2/b13-6-,21-20-. The Labute approximate surface area is 334 Å². The molecule has 0 saturated heterocycles. The molecule has 4 heteroatoms. The zero-order chi connectivity index (χ0) is 39.1. The van der Waals surface area contributed by atoms with Gasteiger partial charge in [0, 0.05) is 72.3 Å². The number of nitrogens with zero attached hydrogens (tertiary/aromatic N) is 2. The molecular formula is C54H36N2O2. The van der Waals surface area contributed by atoms with Crippen LogP contribution >= 0.6 is 0 Å². The van der Waals surface area contributed by atoms with E-state index in [2.05, 4.69) is 157 Å². The third-order valence-corrected chi connectivity index (χ3v) is 11.5. The average Bonchev–Trinajstić information content (AvgIpc) is 4.00. The van der Waals surface area contributed by atoms with Gasteiger partial charge in [0.05, 0.1) is 16.6 Å². The van der Waals surface area contributed by atoms with Crippen LogP contribution < -0.4 is 4.90 Å². The van der Waals surface area contributed by atoms with Crippen molar-refractivity contribution in [3.05, 3.63) is 213 Å². The smallest absolute Gasteiger partial charge is 0.137 e. The Balaban J connectivity index is 1.02. The van der Waals surface area contributed by atoms with Gasteiger partial charge in [-0.15, -0.1) is 0 Å². The Bertz CT molecular complexity index is 3520. The molecule has 11 aromatic rings. The van der Waals surface area contributed by atoms with Crippen LogP contribution in [0.5, 0.6) is 0 Å². The number of para-hydroxylation sites is 3. The van der Waals surface area contributed by atoms with Crippen LogP contribution in [0.3, 0.4) is 0 Å². The molecule has 0 N–H and O–H groups in total. The van der Waals surface area contributed by atoms with Crippen molar-refractivity contribution in [3.63, 3.8) is 0 Å². The molecule has 4 heterocycles. The van der Waals surface area contributed by atoms with E-state index in [4.69, 9.17) is 8.83 Å². The summed E-state index contributed by atoms with van der Waals surface area (Å²) in [4.78, 5) is 2.11. The minimum absolute atomic E-state index is 0.737. The van der Waals surface area contributed by atoms with E-state index >= 15 is 0 Å². The van der Waals surface area contributed by atoms with Gasteiger partial charge in [-0.05, 0) is 95.1 Å². The topological polar surface area (TPSA) is 33.9 Å². The van der Waals surface area contributed by atoms with Gasteiger partial charge in [0.25, 0.3) is 0 Å². The van der Waals surface area contributed by atoms with E-state index in [9.17, 15) is 0 Å². The molecule has 0 aliphatic rings.